The van der Waals surface area contributed by atoms with Gasteiger partial charge in [0.15, 0.2) is 0 Å². The minimum absolute atomic E-state index is 0.108. The molecule has 1 unspecified atom stereocenters. The standard InChI is InChI=1S/C16H18N2O/c1-18-11-10-17-16(18)9-8-15(19)14-7-6-12-4-2-3-5-13(12)14/h2-5,10-11,14H,6-9H2,1H3. The minimum atomic E-state index is 0.108. The fourth-order valence-electron chi connectivity index (χ4n) is 2.94. The number of carbonyl (C=O) groups excluding carboxylic acids is 1. The van der Waals surface area contributed by atoms with Gasteiger partial charge in [0, 0.05) is 38.2 Å². The maximum Gasteiger partial charge on any atom is 0.140 e. The molecule has 0 radical (unpaired) electrons. The third-order valence-corrected chi connectivity index (χ3v) is 4.04. The highest BCUT2D eigenvalue weighted by molar-refractivity contribution is 5.87. The number of hydrogen-bond donors (Lipinski definition) is 0. The highest BCUT2D eigenvalue weighted by Crippen LogP contribution is 2.34. The van der Waals surface area contributed by atoms with Crippen molar-refractivity contribution < 1.29 is 4.79 Å². The van der Waals surface area contributed by atoms with Crippen LogP contribution in [-0.2, 0) is 24.7 Å². The third-order valence-electron chi connectivity index (χ3n) is 4.04. The van der Waals surface area contributed by atoms with Gasteiger partial charge < -0.3 is 4.57 Å². The first-order valence-corrected chi connectivity index (χ1v) is 6.82. The molecule has 0 fully saturated rings. The average Bonchev–Trinajstić information content (AvgIpc) is 3.02. The summed E-state index contributed by atoms with van der Waals surface area (Å²) in [5.74, 6) is 1.45. The van der Waals surface area contributed by atoms with Crippen LogP contribution in [-0.4, -0.2) is 15.3 Å². The smallest absolute Gasteiger partial charge is 0.140 e. The van der Waals surface area contributed by atoms with E-state index in [4.69, 9.17) is 0 Å². The minimum Gasteiger partial charge on any atom is -0.338 e. The summed E-state index contributed by atoms with van der Waals surface area (Å²) in [5.41, 5.74) is 2.59. The molecule has 0 amide bonds. The van der Waals surface area contributed by atoms with Gasteiger partial charge in [0.25, 0.3) is 0 Å². The molecule has 1 heterocycles. The normalized spacial score (nSPS) is 17.4. The van der Waals surface area contributed by atoms with Gasteiger partial charge >= 0.3 is 0 Å². The molecule has 0 aliphatic heterocycles. The van der Waals surface area contributed by atoms with Gasteiger partial charge in [-0.1, -0.05) is 24.3 Å². The molecule has 19 heavy (non-hydrogen) atoms. The summed E-state index contributed by atoms with van der Waals surface area (Å²) in [6.45, 7) is 0. The number of rotatable bonds is 4. The summed E-state index contributed by atoms with van der Waals surface area (Å²) >= 11 is 0. The Labute approximate surface area is 113 Å². The zero-order valence-corrected chi connectivity index (χ0v) is 11.2. The molecule has 0 saturated carbocycles. The molecule has 3 rings (SSSR count). The molecule has 3 heteroatoms. The molecule has 1 aliphatic carbocycles. The molecule has 3 nitrogen and oxygen atoms in total. The molecular formula is C16H18N2O. The number of Topliss-reactive ketones (excluding diaryl/α,β-unsaturated/α-hetero) is 1. The van der Waals surface area contributed by atoms with Crippen molar-refractivity contribution in [2.45, 2.75) is 31.6 Å². The van der Waals surface area contributed by atoms with Crippen molar-refractivity contribution in [3.63, 3.8) is 0 Å². The van der Waals surface area contributed by atoms with Crippen molar-refractivity contribution in [1.82, 2.24) is 9.55 Å². The summed E-state index contributed by atoms with van der Waals surface area (Å²) in [5, 5.41) is 0. The Morgan fingerprint density at radius 3 is 3.05 bits per heavy atom. The lowest BCUT2D eigenvalue weighted by Gasteiger charge is -2.10. The largest absolute Gasteiger partial charge is 0.338 e. The highest BCUT2D eigenvalue weighted by Gasteiger charge is 2.27. The second-order valence-electron chi connectivity index (χ2n) is 5.21. The molecule has 2 aromatic rings. The van der Waals surface area contributed by atoms with Gasteiger partial charge in [-0.15, -0.1) is 0 Å². The number of imidazole rings is 1. The van der Waals surface area contributed by atoms with Gasteiger partial charge in [0.05, 0.1) is 0 Å². The number of nitrogens with zero attached hydrogens (tertiary/aromatic N) is 2. The number of benzene rings is 1. The maximum absolute atomic E-state index is 12.4. The van der Waals surface area contributed by atoms with Crippen LogP contribution < -0.4 is 0 Å². The number of carbonyl (C=O) groups is 1. The number of fused-ring (bicyclic) bond motifs is 1. The van der Waals surface area contributed by atoms with Crippen molar-refractivity contribution in [1.29, 1.82) is 0 Å². The lowest BCUT2D eigenvalue weighted by molar-refractivity contribution is -0.120. The summed E-state index contributed by atoms with van der Waals surface area (Å²) in [6.07, 6.45) is 7.04. The molecule has 1 aromatic carbocycles. The van der Waals surface area contributed by atoms with Crippen LogP contribution in [0.5, 0.6) is 0 Å². The Morgan fingerprint density at radius 1 is 1.42 bits per heavy atom. The van der Waals surface area contributed by atoms with Crippen LogP contribution in [0.25, 0.3) is 0 Å². The molecule has 0 bridgehead atoms. The van der Waals surface area contributed by atoms with Crippen LogP contribution >= 0.6 is 0 Å². The lowest BCUT2D eigenvalue weighted by atomic mass is 9.94. The maximum atomic E-state index is 12.4. The van der Waals surface area contributed by atoms with E-state index >= 15 is 0 Å². The lowest BCUT2D eigenvalue weighted by Crippen LogP contribution is -2.12. The van der Waals surface area contributed by atoms with Gasteiger partial charge in [0.1, 0.15) is 11.6 Å². The topological polar surface area (TPSA) is 34.9 Å². The fraction of sp³-hybridized carbons (Fsp3) is 0.375. The van der Waals surface area contributed by atoms with Gasteiger partial charge in [-0.2, -0.15) is 0 Å². The van der Waals surface area contributed by atoms with Gasteiger partial charge in [0.2, 0.25) is 0 Å². The van der Waals surface area contributed by atoms with E-state index in [1.807, 2.05) is 23.9 Å². The van der Waals surface area contributed by atoms with Crippen LogP contribution in [0, 0.1) is 0 Å². The van der Waals surface area contributed by atoms with Crippen LogP contribution in [0.3, 0.4) is 0 Å². The van der Waals surface area contributed by atoms with Crippen LogP contribution in [0.4, 0.5) is 0 Å². The van der Waals surface area contributed by atoms with E-state index in [1.165, 1.54) is 11.1 Å². The quantitative estimate of drug-likeness (QED) is 0.840. The van der Waals surface area contributed by atoms with E-state index in [1.54, 1.807) is 6.20 Å². The van der Waals surface area contributed by atoms with Gasteiger partial charge in [-0.05, 0) is 24.0 Å². The van der Waals surface area contributed by atoms with E-state index < -0.39 is 0 Å². The van der Waals surface area contributed by atoms with Gasteiger partial charge in [-0.25, -0.2) is 4.98 Å². The zero-order valence-electron chi connectivity index (χ0n) is 11.2. The molecule has 1 atom stereocenters. The summed E-state index contributed by atoms with van der Waals surface area (Å²) in [4.78, 5) is 16.6. The van der Waals surface area contributed by atoms with Gasteiger partial charge in [-0.3, -0.25) is 4.79 Å². The van der Waals surface area contributed by atoms with Crippen molar-refractivity contribution >= 4 is 5.78 Å². The molecule has 1 aromatic heterocycles. The monoisotopic (exact) mass is 254 g/mol. The Bertz CT molecular complexity index is 600. The Morgan fingerprint density at radius 2 is 2.26 bits per heavy atom. The fourth-order valence-corrected chi connectivity index (χ4v) is 2.94. The molecular weight excluding hydrogens is 236 g/mol. The Balaban J connectivity index is 1.68. The summed E-state index contributed by atoms with van der Waals surface area (Å²) in [7, 11) is 1.97. The van der Waals surface area contributed by atoms with Crippen LogP contribution in [0.2, 0.25) is 0 Å². The first kappa shape index (κ1) is 12.2. The number of hydrogen-bond acceptors (Lipinski definition) is 2. The molecule has 1 aliphatic rings. The third kappa shape index (κ3) is 2.33. The Hall–Kier alpha value is -1.90. The molecule has 0 N–H and O–H groups in total. The second kappa shape index (κ2) is 5.00. The van der Waals surface area contributed by atoms with E-state index in [-0.39, 0.29) is 5.92 Å². The van der Waals surface area contributed by atoms with E-state index in [0.717, 1.165) is 25.1 Å². The van der Waals surface area contributed by atoms with Crippen molar-refractivity contribution in [3.05, 3.63) is 53.6 Å². The zero-order chi connectivity index (χ0) is 13.2. The predicted octanol–water partition coefficient (Wildman–Crippen LogP) is 2.65. The number of aromatic nitrogens is 2. The first-order chi connectivity index (χ1) is 9.25. The van der Waals surface area contributed by atoms with E-state index in [0.29, 0.717) is 12.2 Å². The molecule has 98 valence electrons. The van der Waals surface area contributed by atoms with Crippen molar-refractivity contribution in [2.24, 2.45) is 7.05 Å². The predicted molar refractivity (Wildman–Crippen MR) is 74.0 cm³/mol. The van der Waals surface area contributed by atoms with Crippen molar-refractivity contribution in [3.8, 4) is 0 Å². The summed E-state index contributed by atoms with van der Waals surface area (Å²) in [6, 6.07) is 8.33. The van der Waals surface area contributed by atoms with Crippen LogP contribution in [0.15, 0.2) is 36.7 Å². The highest BCUT2D eigenvalue weighted by atomic mass is 16.1. The molecule has 0 spiro atoms. The first-order valence-electron chi connectivity index (χ1n) is 6.82. The number of aryl methyl sites for hydroxylation is 3. The SMILES string of the molecule is Cn1ccnc1CCC(=O)C1CCc2ccccc21. The summed E-state index contributed by atoms with van der Waals surface area (Å²) < 4.78 is 1.98. The second-order valence-corrected chi connectivity index (χ2v) is 5.21. The molecule has 0 saturated heterocycles. The number of ketones is 1. The van der Waals surface area contributed by atoms with Crippen molar-refractivity contribution in [2.75, 3.05) is 0 Å². The van der Waals surface area contributed by atoms with E-state index in [2.05, 4.69) is 23.2 Å². The van der Waals surface area contributed by atoms with Crippen LogP contribution in [0.1, 0.15) is 35.7 Å². The average molecular weight is 254 g/mol. The van der Waals surface area contributed by atoms with E-state index in [9.17, 15) is 4.79 Å². The Kier molecular flexibility index (Phi) is 3.20.